The Balaban J connectivity index is 1.37. The van der Waals surface area contributed by atoms with Gasteiger partial charge >= 0.3 is 5.97 Å². The highest BCUT2D eigenvalue weighted by molar-refractivity contribution is 5.86. The molecule has 0 bridgehead atoms. The smallest absolute Gasteiger partial charge is 0.316 e. The van der Waals surface area contributed by atoms with Crippen LogP contribution in [-0.4, -0.2) is 40.3 Å². The molecule has 0 radical (unpaired) electrons. The fraction of sp³-hybridized carbons (Fsp3) is 0.533. The first-order valence-electron chi connectivity index (χ1n) is 13.3. The minimum Gasteiger partial charge on any atom is -0.415 e. The lowest BCUT2D eigenvalue weighted by molar-refractivity contribution is -0.940. The van der Waals surface area contributed by atoms with E-state index in [2.05, 4.69) is 60.8 Å². The van der Waals surface area contributed by atoms with E-state index >= 15 is 0 Å². The summed E-state index contributed by atoms with van der Waals surface area (Å²) in [6.45, 7) is 9.60. The van der Waals surface area contributed by atoms with Gasteiger partial charge < -0.3 is 9.30 Å². The Bertz CT molecular complexity index is 1220. The number of likely N-dealkylation sites (N-methyl/N-ethyl adjacent to an activating group) is 1. The highest BCUT2D eigenvalue weighted by atomic mass is 16.5. The third kappa shape index (κ3) is 4.88. The number of quaternary nitrogens is 1. The highest BCUT2D eigenvalue weighted by Crippen LogP contribution is 2.38. The SMILES string of the molecule is Cc1ccc2c(c1)c1c(n2CCc2ccc(C)nc2)CC[N+](C)(COC(=O)C2(C)CCCCC2)C1. The number of aryl methyl sites for hydroxylation is 4. The molecule has 1 aromatic carbocycles. The van der Waals surface area contributed by atoms with Gasteiger partial charge in [0.05, 0.1) is 19.0 Å². The minimum atomic E-state index is -0.295. The zero-order chi connectivity index (χ0) is 24.6. The summed E-state index contributed by atoms with van der Waals surface area (Å²) >= 11 is 0. The van der Waals surface area contributed by atoms with Crippen LogP contribution in [0.5, 0.6) is 0 Å². The maximum absolute atomic E-state index is 13.0. The van der Waals surface area contributed by atoms with E-state index in [1.807, 2.05) is 13.1 Å². The van der Waals surface area contributed by atoms with Crippen molar-refractivity contribution in [2.75, 3.05) is 20.3 Å². The van der Waals surface area contributed by atoms with Crippen LogP contribution < -0.4 is 0 Å². The zero-order valence-electron chi connectivity index (χ0n) is 21.9. The summed E-state index contributed by atoms with van der Waals surface area (Å²) in [7, 11) is 2.25. The number of nitrogens with zero attached hydrogens (tertiary/aromatic N) is 3. The maximum atomic E-state index is 13.0. The summed E-state index contributed by atoms with van der Waals surface area (Å²) in [6.07, 6.45) is 9.42. The number of fused-ring (bicyclic) bond motifs is 3. The fourth-order valence-electron chi connectivity index (χ4n) is 6.07. The molecule has 1 fully saturated rings. The van der Waals surface area contributed by atoms with Crippen molar-refractivity contribution in [2.45, 2.75) is 78.8 Å². The lowest BCUT2D eigenvalue weighted by atomic mass is 9.76. The van der Waals surface area contributed by atoms with Gasteiger partial charge in [-0.25, -0.2) is 0 Å². The standard InChI is InChI=1S/C30H40N3O2/c1-22-8-11-27-25(18-22)26-20-33(4,21-35-29(34)30(3)14-6-5-7-15-30)17-13-28(26)32(27)16-12-24-10-9-23(2)31-19-24/h8-11,18-19H,5-7,12-17,20-21H2,1-4H3/q+1. The van der Waals surface area contributed by atoms with E-state index in [0.717, 1.165) is 68.3 Å². The second-order valence-corrected chi connectivity index (χ2v) is 11.6. The van der Waals surface area contributed by atoms with Gasteiger partial charge in [0, 0.05) is 47.0 Å². The molecule has 1 atom stereocenters. The number of hydrogen-bond acceptors (Lipinski definition) is 3. The third-order valence-corrected chi connectivity index (χ3v) is 8.42. The molecule has 186 valence electrons. The second kappa shape index (κ2) is 9.42. The average molecular weight is 475 g/mol. The molecule has 0 amide bonds. The summed E-state index contributed by atoms with van der Waals surface area (Å²) in [6, 6.07) is 11.1. The van der Waals surface area contributed by atoms with Crippen LogP contribution in [0, 0.1) is 19.3 Å². The Morgan fingerprint density at radius 2 is 1.94 bits per heavy atom. The molecule has 2 aromatic heterocycles. The van der Waals surface area contributed by atoms with Gasteiger partial charge in [0.2, 0.25) is 6.73 Å². The molecule has 3 heterocycles. The molecular weight excluding hydrogens is 434 g/mol. The molecule has 0 spiro atoms. The molecular formula is C30H40N3O2+. The van der Waals surface area contributed by atoms with Crippen LogP contribution >= 0.6 is 0 Å². The zero-order valence-corrected chi connectivity index (χ0v) is 21.9. The van der Waals surface area contributed by atoms with Gasteiger partial charge in [-0.15, -0.1) is 0 Å². The molecule has 5 nitrogen and oxygen atoms in total. The van der Waals surface area contributed by atoms with Gasteiger partial charge in [0.15, 0.2) is 0 Å². The number of carbonyl (C=O) groups is 1. The Labute approximate surface area is 209 Å². The van der Waals surface area contributed by atoms with Gasteiger partial charge in [0.25, 0.3) is 0 Å². The molecule has 5 heteroatoms. The summed E-state index contributed by atoms with van der Waals surface area (Å²) < 4.78 is 9.30. The lowest BCUT2D eigenvalue weighted by Crippen LogP contribution is -2.50. The first-order chi connectivity index (χ1) is 16.8. The molecule has 3 aromatic rings. The average Bonchev–Trinajstić information content (AvgIpc) is 3.14. The third-order valence-electron chi connectivity index (χ3n) is 8.42. The predicted octanol–water partition coefficient (Wildman–Crippen LogP) is 5.87. The maximum Gasteiger partial charge on any atom is 0.316 e. The van der Waals surface area contributed by atoms with Crippen molar-refractivity contribution < 1.29 is 14.0 Å². The molecule has 35 heavy (non-hydrogen) atoms. The number of ether oxygens (including phenoxy) is 1. The number of carbonyl (C=O) groups excluding carboxylic acids is 1. The van der Waals surface area contributed by atoms with Crippen molar-refractivity contribution in [3.8, 4) is 0 Å². The summed E-state index contributed by atoms with van der Waals surface area (Å²) in [4.78, 5) is 17.5. The molecule has 1 unspecified atom stereocenters. The first-order valence-corrected chi connectivity index (χ1v) is 13.3. The van der Waals surface area contributed by atoms with E-state index in [0.29, 0.717) is 6.73 Å². The molecule has 1 aliphatic heterocycles. The van der Waals surface area contributed by atoms with Crippen LogP contribution in [0.25, 0.3) is 10.9 Å². The Hall–Kier alpha value is -2.66. The molecule has 0 N–H and O–H groups in total. The summed E-state index contributed by atoms with van der Waals surface area (Å²) in [5.74, 6) is 0.00678. The number of aromatic nitrogens is 2. The van der Waals surface area contributed by atoms with E-state index in [1.54, 1.807) is 0 Å². The van der Waals surface area contributed by atoms with Crippen molar-refractivity contribution in [1.82, 2.24) is 9.55 Å². The lowest BCUT2D eigenvalue weighted by Gasteiger charge is -2.38. The van der Waals surface area contributed by atoms with Crippen LogP contribution in [0.1, 0.15) is 67.1 Å². The van der Waals surface area contributed by atoms with Crippen molar-refractivity contribution in [2.24, 2.45) is 5.41 Å². The van der Waals surface area contributed by atoms with Gasteiger partial charge in [-0.05, 0) is 63.8 Å². The molecule has 1 saturated carbocycles. The molecule has 5 rings (SSSR count). The minimum absolute atomic E-state index is 0.00678. The molecule has 0 saturated heterocycles. The van der Waals surface area contributed by atoms with Crippen LogP contribution in [0.3, 0.4) is 0 Å². The number of esters is 1. The molecule has 1 aliphatic carbocycles. The van der Waals surface area contributed by atoms with E-state index in [1.165, 1.54) is 39.7 Å². The summed E-state index contributed by atoms with van der Waals surface area (Å²) in [5.41, 5.74) is 7.53. The van der Waals surface area contributed by atoms with E-state index in [-0.39, 0.29) is 11.4 Å². The highest BCUT2D eigenvalue weighted by Gasteiger charge is 2.39. The second-order valence-electron chi connectivity index (χ2n) is 11.6. The van der Waals surface area contributed by atoms with Crippen molar-refractivity contribution in [3.05, 3.63) is 64.6 Å². The number of rotatable bonds is 6. The van der Waals surface area contributed by atoms with Crippen LogP contribution in [0.4, 0.5) is 0 Å². The van der Waals surface area contributed by atoms with Gasteiger partial charge in [-0.2, -0.15) is 0 Å². The first kappa shape index (κ1) is 24.1. The summed E-state index contributed by atoms with van der Waals surface area (Å²) in [5, 5.41) is 1.36. The van der Waals surface area contributed by atoms with Gasteiger partial charge in [0.1, 0.15) is 6.54 Å². The topological polar surface area (TPSA) is 44.1 Å². The largest absolute Gasteiger partial charge is 0.415 e. The van der Waals surface area contributed by atoms with Crippen LogP contribution in [-0.2, 0) is 35.5 Å². The fourth-order valence-corrected chi connectivity index (χ4v) is 6.07. The van der Waals surface area contributed by atoms with E-state index in [4.69, 9.17) is 4.74 Å². The predicted molar refractivity (Wildman–Crippen MR) is 140 cm³/mol. The Morgan fingerprint density at radius 3 is 2.69 bits per heavy atom. The number of hydrogen-bond donors (Lipinski definition) is 0. The van der Waals surface area contributed by atoms with Crippen molar-refractivity contribution in [3.63, 3.8) is 0 Å². The Morgan fingerprint density at radius 1 is 1.14 bits per heavy atom. The quantitative estimate of drug-likeness (QED) is 0.331. The van der Waals surface area contributed by atoms with Crippen molar-refractivity contribution >= 4 is 16.9 Å². The van der Waals surface area contributed by atoms with Gasteiger partial charge in [-0.1, -0.05) is 37.0 Å². The Kier molecular flexibility index (Phi) is 6.47. The number of pyridine rings is 1. The van der Waals surface area contributed by atoms with Crippen LogP contribution in [0.15, 0.2) is 36.5 Å². The number of benzene rings is 1. The molecule has 2 aliphatic rings. The van der Waals surface area contributed by atoms with E-state index in [9.17, 15) is 4.79 Å². The van der Waals surface area contributed by atoms with Crippen molar-refractivity contribution in [1.29, 1.82) is 0 Å². The normalized spacial score (nSPS) is 21.6. The van der Waals surface area contributed by atoms with Gasteiger partial charge in [-0.3, -0.25) is 14.3 Å². The van der Waals surface area contributed by atoms with Crippen LogP contribution in [0.2, 0.25) is 0 Å². The monoisotopic (exact) mass is 474 g/mol. The van der Waals surface area contributed by atoms with E-state index < -0.39 is 0 Å².